The number of halogens is 1. The van der Waals surface area contributed by atoms with Crippen molar-refractivity contribution >= 4 is 5.91 Å². The Labute approximate surface area is 58.8 Å². The van der Waals surface area contributed by atoms with Crippen LogP contribution in [-0.2, 0) is 4.79 Å². The molecule has 1 amide bonds. The number of alkyl halides is 1. The second-order valence-corrected chi connectivity index (χ2v) is 3.46. The maximum absolute atomic E-state index is 12.3. The molecule has 3 fully saturated rings. The normalized spacial score (nSPS) is 44.1. The minimum Gasteiger partial charge on any atom is -0.355 e. The van der Waals surface area contributed by atoms with Gasteiger partial charge in [-0.15, -0.1) is 0 Å². The number of nitrogens with one attached hydrogen (secondary N) is 1. The van der Waals surface area contributed by atoms with Crippen LogP contribution in [0, 0.1) is 11.3 Å². The summed E-state index contributed by atoms with van der Waals surface area (Å²) in [5, 5.41) is 2.69. The number of hydrogen-bond acceptors (Lipinski definition) is 1. The van der Waals surface area contributed by atoms with Gasteiger partial charge in [0.25, 0.3) is 0 Å². The summed E-state index contributed by atoms with van der Waals surface area (Å²) in [5.74, 6) is 0.250. The SMILES string of the molecule is O=C1NCC2(CF)CC1C2. The fourth-order valence-electron chi connectivity index (χ4n) is 1.89. The highest BCUT2D eigenvalue weighted by atomic mass is 19.1. The first-order valence-electron chi connectivity index (χ1n) is 3.59. The summed E-state index contributed by atoms with van der Waals surface area (Å²) >= 11 is 0. The van der Waals surface area contributed by atoms with Crippen LogP contribution in [0.1, 0.15) is 12.8 Å². The second-order valence-electron chi connectivity index (χ2n) is 3.46. The molecule has 3 heteroatoms. The van der Waals surface area contributed by atoms with Gasteiger partial charge in [-0.1, -0.05) is 0 Å². The third kappa shape index (κ3) is 0.604. The second kappa shape index (κ2) is 1.71. The third-order valence-corrected chi connectivity index (χ3v) is 2.65. The van der Waals surface area contributed by atoms with Crippen molar-refractivity contribution in [1.29, 1.82) is 0 Å². The average Bonchev–Trinajstić information content (AvgIpc) is 1.87. The summed E-state index contributed by atoms with van der Waals surface area (Å²) in [6, 6.07) is 0. The predicted molar refractivity (Wildman–Crippen MR) is 34.1 cm³/mol. The Morgan fingerprint density at radius 2 is 2.40 bits per heavy atom. The molecule has 0 aromatic rings. The summed E-state index contributed by atoms with van der Waals surface area (Å²) in [6.45, 7) is 0.280. The van der Waals surface area contributed by atoms with E-state index >= 15 is 0 Å². The largest absolute Gasteiger partial charge is 0.355 e. The number of amides is 1. The Morgan fingerprint density at radius 3 is 2.80 bits per heavy atom. The Balaban J connectivity index is 2.08. The van der Waals surface area contributed by atoms with Crippen LogP contribution in [0.2, 0.25) is 0 Å². The van der Waals surface area contributed by atoms with Crippen LogP contribution in [0.5, 0.6) is 0 Å². The Bertz CT molecular complexity index is 169. The lowest BCUT2D eigenvalue weighted by Gasteiger charge is -2.49. The predicted octanol–water partition coefficient (Wildman–Crippen LogP) is 0.482. The Hall–Kier alpha value is -0.600. The van der Waals surface area contributed by atoms with E-state index in [1.807, 2.05) is 0 Å². The standard InChI is InChI=1S/C7H10FNO/c8-3-7-1-5(2-7)6(10)9-4-7/h5H,1-4H2,(H,9,10). The minimum atomic E-state index is -0.274. The number of piperidine rings is 2. The lowest BCUT2D eigenvalue weighted by atomic mass is 9.60. The van der Waals surface area contributed by atoms with E-state index in [2.05, 4.69) is 5.32 Å². The lowest BCUT2D eigenvalue weighted by Crippen LogP contribution is -2.58. The molecule has 0 unspecified atom stereocenters. The number of carbonyl (C=O) groups is 1. The molecule has 56 valence electrons. The van der Waals surface area contributed by atoms with Gasteiger partial charge in [-0.25, -0.2) is 0 Å². The van der Waals surface area contributed by atoms with Crippen LogP contribution in [0.4, 0.5) is 4.39 Å². The van der Waals surface area contributed by atoms with Gasteiger partial charge in [0.2, 0.25) is 5.91 Å². The summed E-state index contributed by atoms with van der Waals surface area (Å²) in [5.41, 5.74) is -0.154. The van der Waals surface area contributed by atoms with Crippen LogP contribution >= 0.6 is 0 Å². The molecule has 1 saturated carbocycles. The average molecular weight is 143 g/mol. The highest BCUT2D eigenvalue weighted by Gasteiger charge is 2.51. The van der Waals surface area contributed by atoms with Gasteiger partial charge in [-0.2, -0.15) is 0 Å². The Kier molecular flexibility index (Phi) is 1.05. The van der Waals surface area contributed by atoms with Gasteiger partial charge < -0.3 is 5.32 Å². The zero-order valence-corrected chi connectivity index (χ0v) is 5.69. The fraction of sp³-hybridized carbons (Fsp3) is 0.857. The van der Waals surface area contributed by atoms with Crippen molar-refractivity contribution in [3.8, 4) is 0 Å². The van der Waals surface area contributed by atoms with Crippen molar-refractivity contribution in [2.24, 2.45) is 11.3 Å². The molecule has 2 aliphatic heterocycles. The quantitative estimate of drug-likeness (QED) is 0.568. The van der Waals surface area contributed by atoms with Crippen molar-refractivity contribution in [3.63, 3.8) is 0 Å². The molecule has 2 nitrogen and oxygen atoms in total. The molecule has 2 bridgehead atoms. The third-order valence-electron chi connectivity index (χ3n) is 2.65. The van der Waals surface area contributed by atoms with Gasteiger partial charge in [0.05, 0.1) is 6.67 Å². The Morgan fingerprint density at radius 1 is 1.70 bits per heavy atom. The molecule has 0 radical (unpaired) electrons. The monoisotopic (exact) mass is 143 g/mol. The van der Waals surface area contributed by atoms with Crippen molar-refractivity contribution in [3.05, 3.63) is 0 Å². The summed E-state index contributed by atoms with van der Waals surface area (Å²) in [4.78, 5) is 10.9. The first-order valence-corrected chi connectivity index (χ1v) is 3.59. The zero-order chi connectivity index (χ0) is 7.19. The van der Waals surface area contributed by atoms with Gasteiger partial charge in [0.15, 0.2) is 0 Å². The highest BCUT2D eigenvalue weighted by Crippen LogP contribution is 2.48. The smallest absolute Gasteiger partial charge is 0.223 e. The van der Waals surface area contributed by atoms with Crippen molar-refractivity contribution < 1.29 is 9.18 Å². The molecular formula is C7H10FNO. The fourth-order valence-corrected chi connectivity index (χ4v) is 1.89. The lowest BCUT2D eigenvalue weighted by molar-refractivity contribution is -0.141. The van der Waals surface area contributed by atoms with Gasteiger partial charge in [-0.05, 0) is 12.8 Å². The van der Waals surface area contributed by atoms with Crippen LogP contribution in [0.3, 0.4) is 0 Å². The van der Waals surface area contributed by atoms with Gasteiger partial charge in [0, 0.05) is 17.9 Å². The molecule has 3 aliphatic rings. The number of hydrogen-bond donors (Lipinski definition) is 1. The van der Waals surface area contributed by atoms with Crippen LogP contribution in [-0.4, -0.2) is 19.1 Å². The summed E-state index contributed by atoms with van der Waals surface area (Å²) < 4.78 is 12.3. The first-order chi connectivity index (χ1) is 4.76. The van der Waals surface area contributed by atoms with Crippen LogP contribution in [0.25, 0.3) is 0 Å². The van der Waals surface area contributed by atoms with E-state index in [0.29, 0.717) is 6.54 Å². The van der Waals surface area contributed by atoms with E-state index in [1.165, 1.54) is 0 Å². The van der Waals surface area contributed by atoms with E-state index in [0.717, 1.165) is 12.8 Å². The molecule has 0 aromatic heterocycles. The molecule has 2 saturated heterocycles. The molecule has 0 aromatic carbocycles. The van der Waals surface area contributed by atoms with E-state index in [9.17, 15) is 9.18 Å². The van der Waals surface area contributed by atoms with E-state index < -0.39 is 0 Å². The number of fused-ring (bicyclic) bond motifs is 2. The van der Waals surface area contributed by atoms with Gasteiger partial charge in [-0.3, -0.25) is 9.18 Å². The molecule has 1 aliphatic carbocycles. The van der Waals surface area contributed by atoms with Crippen LogP contribution < -0.4 is 5.32 Å². The molecular weight excluding hydrogens is 133 g/mol. The van der Waals surface area contributed by atoms with Crippen molar-refractivity contribution in [1.82, 2.24) is 5.32 Å². The number of rotatable bonds is 1. The summed E-state index contributed by atoms with van der Waals surface area (Å²) in [6.07, 6.45) is 1.55. The van der Waals surface area contributed by atoms with E-state index in [1.54, 1.807) is 0 Å². The van der Waals surface area contributed by atoms with Gasteiger partial charge in [0.1, 0.15) is 0 Å². The maximum atomic E-state index is 12.3. The minimum absolute atomic E-state index is 0.121. The first kappa shape index (κ1) is 6.13. The zero-order valence-electron chi connectivity index (χ0n) is 5.69. The van der Waals surface area contributed by atoms with Crippen molar-refractivity contribution in [2.75, 3.05) is 13.2 Å². The number of carbonyl (C=O) groups excluding carboxylic acids is 1. The molecule has 3 rings (SSSR count). The van der Waals surface area contributed by atoms with Crippen LogP contribution in [0.15, 0.2) is 0 Å². The van der Waals surface area contributed by atoms with E-state index in [4.69, 9.17) is 0 Å². The van der Waals surface area contributed by atoms with Gasteiger partial charge >= 0.3 is 0 Å². The summed E-state index contributed by atoms with van der Waals surface area (Å²) in [7, 11) is 0. The highest BCUT2D eigenvalue weighted by molar-refractivity contribution is 5.81. The molecule has 2 heterocycles. The molecule has 1 N–H and O–H groups in total. The maximum Gasteiger partial charge on any atom is 0.223 e. The van der Waals surface area contributed by atoms with E-state index in [-0.39, 0.29) is 23.9 Å². The molecule has 0 atom stereocenters. The topological polar surface area (TPSA) is 29.1 Å². The molecule has 0 spiro atoms. The molecule has 10 heavy (non-hydrogen) atoms. The van der Waals surface area contributed by atoms with Crippen molar-refractivity contribution in [2.45, 2.75) is 12.8 Å².